The number of rotatable bonds is 7. The minimum Gasteiger partial charge on any atom is -0.496 e. The van der Waals surface area contributed by atoms with Crippen LogP contribution in [0.5, 0.6) is 5.75 Å². The van der Waals surface area contributed by atoms with E-state index in [-0.39, 0.29) is 17.2 Å². The minimum absolute atomic E-state index is 0.0668. The number of hydrogen-bond acceptors (Lipinski definition) is 5. The molecule has 5 nitrogen and oxygen atoms in total. The van der Waals surface area contributed by atoms with Gasteiger partial charge in [0.2, 0.25) is 0 Å². The van der Waals surface area contributed by atoms with Crippen LogP contribution in [0.2, 0.25) is 0 Å². The molecule has 3 rings (SSSR count). The molecule has 0 amide bonds. The van der Waals surface area contributed by atoms with Crippen molar-refractivity contribution in [1.82, 2.24) is 0 Å². The molecule has 0 aromatic heterocycles. The molecule has 2 aliphatic rings. The lowest BCUT2D eigenvalue weighted by atomic mass is 9.66. The third kappa shape index (κ3) is 4.50. The van der Waals surface area contributed by atoms with E-state index in [1.807, 2.05) is 31.2 Å². The molecular formula is C25H33NO4. The number of allylic oxidation sites excluding steroid dienone is 2. The molecule has 1 heterocycles. The van der Waals surface area contributed by atoms with Crippen molar-refractivity contribution < 1.29 is 19.1 Å². The van der Waals surface area contributed by atoms with Crippen LogP contribution in [0.15, 0.2) is 40.5 Å². The molecule has 0 fully saturated rings. The molecule has 0 saturated heterocycles. The molecule has 2 atom stereocenters. The monoisotopic (exact) mass is 411 g/mol. The van der Waals surface area contributed by atoms with Gasteiger partial charge in [-0.3, -0.25) is 14.6 Å². The first-order valence-corrected chi connectivity index (χ1v) is 10.9. The number of hydrogen-bond donors (Lipinski definition) is 0. The predicted octanol–water partition coefficient (Wildman–Crippen LogP) is 5.25. The van der Waals surface area contributed by atoms with Crippen molar-refractivity contribution in [3.8, 4) is 5.75 Å². The van der Waals surface area contributed by atoms with Crippen LogP contribution in [0.4, 0.5) is 0 Å². The summed E-state index contributed by atoms with van der Waals surface area (Å²) in [5.41, 5.74) is 2.86. The number of methoxy groups -OCH3 is 1. The van der Waals surface area contributed by atoms with Crippen molar-refractivity contribution in [1.29, 1.82) is 0 Å². The van der Waals surface area contributed by atoms with Crippen LogP contribution in [0.25, 0.3) is 0 Å². The second kappa shape index (κ2) is 9.15. The Morgan fingerprint density at radius 1 is 1.20 bits per heavy atom. The quantitative estimate of drug-likeness (QED) is 0.454. The summed E-state index contributed by atoms with van der Waals surface area (Å²) in [5.74, 6) is -0.627. The van der Waals surface area contributed by atoms with E-state index in [4.69, 9.17) is 14.5 Å². The number of ether oxygens (including phenoxy) is 2. The number of Topliss-reactive ketones (excluding diaryl/α,β-unsaturated/α-hetero) is 1. The summed E-state index contributed by atoms with van der Waals surface area (Å²) in [6, 6.07) is 7.62. The fourth-order valence-electron chi connectivity index (χ4n) is 4.62. The lowest BCUT2D eigenvalue weighted by Crippen LogP contribution is -2.39. The van der Waals surface area contributed by atoms with Crippen molar-refractivity contribution >= 4 is 17.5 Å². The number of nitrogens with zero attached hydrogens (tertiary/aromatic N) is 1. The third-order valence-corrected chi connectivity index (χ3v) is 6.02. The molecule has 0 saturated carbocycles. The SMILES string of the molecule is CCCCCOC(=O)C1C(C)=NC2=C(C(=O)CC(C)(C)C2)[C@H]1c1ccccc1OC. The summed E-state index contributed by atoms with van der Waals surface area (Å²) in [6.07, 6.45) is 4.08. The van der Waals surface area contributed by atoms with Gasteiger partial charge in [-0.25, -0.2) is 0 Å². The summed E-state index contributed by atoms with van der Waals surface area (Å²) in [7, 11) is 1.61. The molecule has 1 unspecified atom stereocenters. The maximum Gasteiger partial charge on any atom is 0.315 e. The van der Waals surface area contributed by atoms with E-state index in [9.17, 15) is 9.59 Å². The van der Waals surface area contributed by atoms with E-state index < -0.39 is 11.8 Å². The van der Waals surface area contributed by atoms with Gasteiger partial charge in [0.05, 0.1) is 13.7 Å². The second-order valence-electron chi connectivity index (χ2n) is 9.13. The van der Waals surface area contributed by atoms with Crippen molar-refractivity contribution in [3.05, 3.63) is 41.1 Å². The van der Waals surface area contributed by atoms with Crippen molar-refractivity contribution in [3.63, 3.8) is 0 Å². The number of esters is 1. The number of unbranched alkanes of at least 4 members (excludes halogenated alkanes) is 2. The highest BCUT2D eigenvalue weighted by molar-refractivity contribution is 6.09. The molecule has 5 heteroatoms. The van der Waals surface area contributed by atoms with E-state index in [1.54, 1.807) is 7.11 Å². The Labute approximate surface area is 179 Å². The maximum atomic E-state index is 13.3. The summed E-state index contributed by atoms with van der Waals surface area (Å²) < 4.78 is 11.2. The Hall–Kier alpha value is -2.43. The number of para-hydroxylation sites is 1. The van der Waals surface area contributed by atoms with E-state index >= 15 is 0 Å². The normalized spacial score (nSPS) is 23.0. The van der Waals surface area contributed by atoms with E-state index in [1.165, 1.54) is 0 Å². The van der Waals surface area contributed by atoms with E-state index in [0.717, 1.165) is 36.9 Å². The predicted molar refractivity (Wildman–Crippen MR) is 118 cm³/mol. The molecule has 1 aromatic rings. The average Bonchev–Trinajstić information content (AvgIpc) is 2.69. The molecule has 1 aliphatic heterocycles. The van der Waals surface area contributed by atoms with Crippen molar-refractivity contribution in [2.24, 2.45) is 16.3 Å². The highest BCUT2D eigenvalue weighted by Gasteiger charge is 2.46. The molecule has 0 radical (unpaired) electrons. The van der Waals surface area contributed by atoms with Gasteiger partial charge in [-0.05, 0) is 31.2 Å². The highest BCUT2D eigenvalue weighted by atomic mass is 16.5. The zero-order valence-electron chi connectivity index (χ0n) is 18.8. The molecule has 1 aliphatic carbocycles. The minimum atomic E-state index is -0.619. The Bertz CT molecular complexity index is 881. The standard InChI is InChI=1S/C25H33NO4/c1-6-7-10-13-30-24(28)21-16(2)26-18-14-25(3,4)15-19(27)23(18)22(21)17-11-8-9-12-20(17)29-5/h8-9,11-12,21-22H,6-7,10,13-15H2,1-5H3/t21?,22-/m0/s1. The summed E-state index contributed by atoms with van der Waals surface area (Å²) in [5, 5.41) is 0. The molecular weight excluding hydrogens is 378 g/mol. The number of aliphatic imine (C=N–C) groups is 1. The third-order valence-electron chi connectivity index (χ3n) is 6.02. The zero-order valence-corrected chi connectivity index (χ0v) is 18.8. The molecule has 0 spiro atoms. The first-order chi connectivity index (χ1) is 14.3. The summed E-state index contributed by atoms with van der Waals surface area (Å²) in [4.78, 5) is 31.2. The van der Waals surface area contributed by atoms with E-state index in [2.05, 4.69) is 20.8 Å². The number of carbonyl (C=O) groups is 2. The fraction of sp³-hybridized carbons (Fsp3) is 0.560. The Morgan fingerprint density at radius 3 is 2.63 bits per heavy atom. The highest BCUT2D eigenvalue weighted by Crippen LogP contribution is 2.49. The van der Waals surface area contributed by atoms with Gasteiger partial charge in [0.1, 0.15) is 11.7 Å². The topological polar surface area (TPSA) is 65.0 Å². The van der Waals surface area contributed by atoms with Gasteiger partial charge in [0.25, 0.3) is 0 Å². The van der Waals surface area contributed by atoms with Gasteiger partial charge >= 0.3 is 5.97 Å². The van der Waals surface area contributed by atoms with Crippen LogP contribution in [0.1, 0.15) is 71.3 Å². The average molecular weight is 412 g/mol. The lowest BCUT2D eigenvalue weighted by molar-refractivity contribution is -0.146. The van der Waals surface area contributed by atoms with Gasteiger partial charge in [-0.15, -0.1) is 0 Å². The largest absolute Gasteiger partial charge is 0.496 e. The number of ketones is 1. The van der Waals surface area contributed by atoms with Crippen molar-refractivity contribution in [2.75, 3.05) is 13.7 Å². The van der Waals surface area contributed by atoms with Gasteiger partial charge in [0.15, 0.2) is 5.78 Å². The van der Waals surface area contributed by atoms with Crippen LogP contribution in [0, 0.1) is 11.3 Å². The summed E-state index contributed by atoms with van der Waals surface area (Å²) in [6.45, 7) is 8.55. The molecule has 0 N–H and O–H groups in total. The number of carbonyl (C=O) groups excluding carboxylic acids is 2. The van der Waals surface area contributed by atoms with Crippen LogP contribution in [-0.2, 0) is 14.3 Å². The van der Waals surface area contributed by atoms with Crippen molar-refractivity contribution in [2.45, 2.75) is 65.7 Å². The molecule has 0 bridgehead atoms. The molecule has 1 aromatic carbocycles. The second-order valence-corrected chi connectivity index (χ2v) is 9.13. The fourth-order valence-corrected chi connectivity index (χ4v) is 4.62. The maximum absolute atomic E-state index is 13.3. The Balaban J connectivity index is 2.06. The van der Waals surface area contributed by atoms with Gasteiger partial charge in [-0.1, -0.05) is 51.8 Å². The number of benzene rings is 1. The van der Waals surface area contributed by atoms with Crippen LogP contribution < -0.4 is 4.74 Å². The van der Waals surface area contributed by atoms with Crippen LogP contribution in [0.3, 0.4) is 0 Å². The van der Waals surface area contributed by atoms with Crippen LogP contribution in [-0.4, -0.2) is 31.2 Å². The Morgan fingerprint density at radius 2 is 1.93 bits per heavy atom. The van der Waals surface area contributed by atoms with Gasteiger partial charge < -0.3 is 9.47 Å². The Kier molecular flexibility index (Phi) is 6.79. The van der Waals surface area contributed by atoms with Gasteiger partial charge in [0, 0.05) is 34.9 Å². The van der Waals surface area contributed by atoms with Crippen LogP contribution >= 0.6 is 0 Å². The van der Waals surface area contributed by atoms with Gasteiger partial charge in [-0.2, -0.15) is 0 Å². The molecule has 30 heavy (non-hydrogen) atoms. The smallest absolute Gasteiger partial charge is 0.315 e. The lowest BCUT2D eigenvalue weighted by Gasteiger charge is -2.39. The summed E-state index contributed by atoms with van der Waals surface area (Å²) >= 11 is 0. The molecule has 162 valence electrons. The van der Waals surface area contributed by atoms with E-state index in [0.29, 0.717) is 30.1 Å². The zero-order chi connectivity index (χ0) is 21.9. The first-order valence-electron chi connectivity index (χ1n) is 10.9. The first kappa shape index (κ1) is 22.3.